The first-order chi connectivity index (χ1) is 10.0. The quantitative estimate of drug-likeness (QED) is 0.796. The van der Waals surface area contributed by atoms with Crippen molar-refractivity contribution in [3.8, 4) is 0 Å². The maximum Gasteiger partial charge on any atom is 0.332 e. The van der Waals surface area contributed by atoms with E-state index in [0.29, 0.717) is 23.9 Å². The smallest absolute Gasteiger partial charge is 0.311 e. The number of hydrogen-bond donors (Lipinski definition) is 0. The summed E-state index contributed by atoms with van der Waals surface area (Å²) in [4.78, 5) is 30.9. The van der Waals surface area contributed by atoms with Gasteiger partial charge in [-0.3, -0.25) is 18.8 Å². The number of hydrogen-bond acceptors (Lipinski definition) is 4. The van der Waals surface area contributed by atoms with Crippen LogP contribution in [0.25, 0.3) is 11.2 Å². The molecule has 3 heterocycles. The number of aromatic nitrogens is 4. The first kappa shape index (κ1) is 14.1. The van der Waals surface area contributed by atoms with Gasteiger partial charge in [0.2, 0.25) is 0 Å². The van der Waals surface area contributed by atoms with Gasteiger partial charge in [0.05, 0.1) is 13.0 Å². The summed E-state index contributed by atoms with van der Waals surface area (Å²) in [6, 6.07) is 0.507. The van der Waals surface area contributed by atoms with Gasteiger partial charge < -0.3 is 4.57 Å². The number of aryl methyl sites for hydroxylation is 1. The molecule has 0 radical (unpaired) electrons. The van der Waals surface area contributed by atoms with Gasteiger partial charge in [-0.2, -0.15) is 0 Å². The Morgan fingerprint density at radius 1 is 1.24 bits per heavy atom. The van der Waals surface area contributed by atoms with Crippen molar-refractivity contribution in [1.82, 2.24) is 23.6 Å². The predicted molar refractivity (Wildman–Crippen MR) is 80.2 cm³/mol. The van der Waals surface area contributed by atoms with Crippen molar-refractivity contribution < 1.29 is 0 Å². The molecular formula is C14H21N5O2. The van der Waals surface area contributed by atoms with Gasteiger partial charge in [-0.15, -0.1) is 0 Å². The molecule has 0 amide bonds. The standard InChI is InChI=1S/C14H21N5O2/c1-10-6-4-5-7-18(10)9-19-8-15-12-11(19)13(20)17(3)14(21)16(12)2/h8,10H,4-7,9H2,1-3H3/t10-/m0/s1. The summed E-state index contributed by atoms with van der Waals surface area (Å²) in [6.07, 6.45) is 5.29. The maximum atomic E-state index is 12.4. The highest BCUT2D eigenvalue weighted by Crippen LogP contribution is 2.18. The van der Waals surface area contributed by atoms with E-state index in [9.17, 15) is 9.59 Å². The van der Waals surface area contributed by atoms with E-state index in [2.05, 4.69) is 16.8 Å². The normalized spacial score (nSPS) is 20.2. The molecule has 7 heteroatoms. The van der Waals surface area contributed by atoms with E-state index < -0.39 is 0 Å². The third-order valence-electron chi connectivity index (χ3n) is 4.49. The fourth-order valence-electron chi connectivity index (χ4n) is 3.07. The van der Waals surface area contributed by atoms with Gasteiger partial charge in [0.15, 0.2) is 11.2 Å². The first-order valence-electron chi connectivity index (χ1n) is 7.35. The lowest BCUT2D eigenvalue weighted by atomic mass is 10.0. The Morgan fingerprint density at radius 2 is 2.00 bits per heavy atom. The van der Waals surface area contributed by atoms with Crippen LogP contribution in [-0.2, 0) is 20.8 Å². The summed E-state index contributed by atoms with van der Waals surface area (Å²) in [5, 5.41) is 0. The minimum absolute atomic E-state index is 0.282. The lowest BCUT2D eigenvalue weighted by Gasteiger charge is -2.33. The molecule has 0 unspecified atom stereocenters. The van der Waals surface area contributed by atoms with Crippen molar-refractivity contribution >= 4 is 11.2 Å². The van der Waals surface area contributed by atoms with Crippen LogP contribution in [0.4, 0.5) is 0 Å². The van der Waals surface area contributed by atoms with Crippen molar-refractivity contribution in [2.24, 2.45) is 14.1 Å². The van der Waals surface area contributed by atoms with E-state index in [1.54, 1.807) is 13.4 Å². The number of imidazole rings is 1. The fraction of sp³-hybridized carbons (Fsp3) is 0.643. The monoisotopic (exact) mass is 291 g/mol. The van der Waals surface area contributed by atoms with Crippen LogP contribution in [0.2, 0.25) is 0 Å². The van der Waals surface area contributed by atoms with E-state index >= 15 is 0 Å². The molecule has 3 rings (SSSR count). The van der Waals surface area contributed by atoms with E-state index in [0.717, 1.165) is 11.1 Å². The highest BCUT2D eigenvalue weighted by atomic mass is 16.2. The molecule has 114 valence electrons. The van der Waals surface area contributed by atoms with E-state index in [1.807, 2.05) is 4.57 Å². The maximum absolute atomic E-state index is 12.4. The summed E-state index contributed by atoms with van der Waals surface area (Å²) in [5.41, 5.74) is 0.324. The van der Waals surface area contributed by atoms with Crippen LogP contribution in [0.3, 0.4) is 0 Å². The Hall–Kier alpha value is -1.89. The fourth-order valence-corrected chi connectivity index (χ4v) is 3.07. The minimum Gasteiger partial charge on any atom is -0.311 e. The van der Waals surface area contributed by atoms with Crippen molar-refractivity contribution in [2.75, 3.05) is 6.54 Å². The third-order valence-corrected chi connectivity index (χ3v) is 4.49. The van der Waals surface area contributed by atoms with Gasteiger partial charge >= 0.3 is 5.69 Å². The van der Waals surface area contributed by atoms with Crippen LogP contribution >= 0.6 is 0 Å². The topological polar surface area (TPSA) is 65.1 Å². The number of nitrogens with zero attached hydrogens (tertiary/aromatic N) is 5. The molecule has 0 N–H and O–H groups in total. The average Bonchev–Trinajstić information content (AvgIpc) is 2.89. The van der Waals surface area contributed by atoms with Gasteiger partial charge in [0.25, 0.3) is 5.56 Å². The Balaban J connectivity index is 2.08. The molecule has 21 heavy (non-hydrogen) atoms. The highest BCUT2D eigenvalue weighted by molar-refractivity contribution is 5.69. The van der Waals surface area contributed by atoms with Gasteiger partial charge in [0, 0.05) is 26.7 Å². The summed E-state index contributed by atoms with van der Waals surface area (Å²) in [6.45, 7) is 3.89. The zero-order valence-corrected chi connectivity index (χ0v) is 12.7. The molecule has 7 nitrogen and oxygen atoms in total. The Morgan fingerprint density at radius 3 is 2.71 bits per heavy atom. The number of piperidine rings is 1. The Labute approximate surface area is 122 Å². The number of likely N-dealkylation sites (tertiary alicyclic amines) is 1. The van der Waals surface area contributed by atoms with Crippen LogP contribution in [0.5, 0.6) is 0 Å². The van der Waals surface area contributed by atoms with Gasteiger partial charge in [-0.05, 0) is 19.8 Å². The van der Waals surface area contributed by atoms with Crippen LogP contribution < -0.4 is 11.2 Å². The Kier molecular flexibility index (Phi) is 3.44. The van der Waals surface area contributed by atoms with Crippen molar-refractivity contribution in [1.29, 1.82) is 0 Å². The predicted octanol–water partition coefficient (Wildman–Crippen LogP) is 0.266. The highest BCUT2D eigenvalue weighted by Gasteiger charge is 2.21. The lowest BCUT2D eigenvalue weighted by molar-refractivity contribution is 0.123. The molecule has 2 aromatic heterocycles. The average molecular weight is 291 g/mol. The number of rotatable bonds is 2. The summed E-state index contributed by atoms with van der Waals surface area (Å²) >= 11 is 0. The largest absolute Gasteiger partial charge is 0.332 e. The summed E-state index contributed by atoms with van der Waals surface area (Å²) in [5.74, 6) is 0. The number of fused-ring (bicyclic) bond motifs is 1. The van der Waals surface area contributed by atoms with Crippen molar-refractivity contribution in [3.05, 3.63) is 27.2 Å². The van der Waals surface area contributed by atoms with E-state index in [1.165, 1.54) is 30.9 Å². The molecule has 1 aliphatic heterocycles. The van der Waals surface area contributed by atoms with E-state index in [-0.39, 0.29) is 11.2 Å². The molecule has 1 atom stereocenters. The second kappa shape index (κ2) is 5.14. The van der Waals surface area contributed by atoms with Crippen molar-refractivity contribution in [2.45, 2.75) is 38.9 Å². The summed E-state index contributed by atoms with van der Waals surface area (Å²) < 4.78 is 4.42. The SMILES string of the molecule is C[C@H]1CCCCN1Cn1cnc2c1c(=O)n(C)c(=O)n2C. The molecular weight excluding hydrogens is 270 g/mol. The zero-order valence-electron chi connectivity index (χ0n) is 12.7. The molecule has 1 saturated heterocycles. The second-order valence-corrected chi connectivity index (χ2v) is 5.89. The summed E-state index contributed by atoms with van der Waals surface area (Å²) in [7, 11) is 3.15. The van der Waals surface area contributed by atoms with Gasteiger partial charge in [-0.25, -0.2) is 9.78 Å². The van der Waals surface area contributed by atoms with E-state index in [4.69, 9.17) is 0 Å². The molecule has 1 fully saturated rings. The van der Waals surface area contributed by atoms with Gasteiger partial charge in [0.1, 0.15) is 0 Å². The molecule has 0 spiro atoms. The molecule has 1 aliphatic rings. The first-order valence-corrected chi connectivity index (χ1v) is 7.35. The lowest BCUT2D eigenvalue weighted by Crippen LogP contribution is -2.40. The van der Waals surface area contributed by atoms with Crippen LogP contribution in [0.1, 0.15) is 26.2 Å². The van der Waals surface area contributed by atoms with Crippen LogP contribution in [0.15, 0.2) is 15.9 Å². The van der Waals surface area contributed by atoms with Crippen molar-refractivity contribution in [3.63, 3.8) is 0 Å². The van der Waals surface area contributed by atoms with Gasteiger partial charge in [-0.1, -0.05) is 6.42 Å². The molecule has 2 aromatic rings. The molecule has 0 bridgehead atoms. The van der Waals surface area contributed by atoms with Crippen LogP contribution in [-0.4, -0.2) is 36.2 Å². The minimum atomic E-state index is -0.343. The molecule has 0 aliphatic carbocycles. The zero-order chi connectivity index (χ0) is 15.1. The molecule has 0 aromatic carbocycles. The Bertz CT molecular complexity index is 785. The molecule has 0 saturated carbocycles. The van der Waals surface area contributed by atoms with Crippen LogP contribution in [0, 0.1) is 0 Å². The second-order valence-electron chi connectivity index (χ2n) is 5.89. The third kappa shape index (κ3) is 2.21.